The van der Waals surface area contributed by atoms with Gasteiger partial charge in [-0.15, -0.1) is 0 Å². The Morgan fingerprint density at radius 2 is 1.89 bits per heavy atom. The molecule has 0 spiro atoms. The average Bonchev–Trinajstić information content (AvgIpc) is 2.15. The van der Waals surface area contributed by atoms with Gasteiger partial charge in [-0.25, -0.2) is 0 Å². The molecule has 0 amide bonds. The molecule has 0 unspecified atom stereocenters. The van der Waals surface area contributed by atoms with E-state index in [0.717, 1.165) is 17.8 Å². The third-order valence-corrected chi connectivity index (χ3v) is 3.16. The Morgan fingerprint density at radius 3 is 2.11 bits per heavy atom. The molecule has 1 rings (SSSR count). The van der Waals surface area contributed by atoms with E-state index >= 15 is 0 Å². The van der Waals surface area contributed by atoms with Crippen LogP contribution < -0.4 is 0 Å². The van der Waals surface area contributed by atoms with Crippen LogP contribution in [-0.2, 0) is 0 Å². The van der Waals surface area contributed by atoms with Crippen LogP contribution in [-0.4, -0.2) is 0 Å². The third-order valence-electron chi connectivity index (χ3n) is 3.16. The first-order valence-corrected chi connectivity index (χ1v) is 4.25. The highest BCUT2D eigenvalue weighted by molar-refractivity contribution is 4.78. The Labute approximate surface area is 58.7 Å². The Bertz CT molecular complexity index is 86.0. The van der Waals surface area contributed by atoms with Gasteiger partial charge in [-0.05, 0) is 24.2 Å². The van der Waals surface area contributed by atoms with E-state index in [-0.39, 0.29) is 0 Å². The summed E-state index contributed by atoms with van der Waals surface area (Å²) in [5, 5.41) is 0. The number of hydrogen-bond acceptors (Lipinski definition) is 0. The second kappa shape index (κ2) is 2.72. The molecule has 54 valence electrons. The molecule has 0 heterocycles. The predicted molar refractivity (Wildman–Crippen MR) is 41.3 cm³/mol. The first-order valence-electron chi connectivity index (χ1n) is 4.25. The van der Waals surface area contributed by atoms with Gasteiger partial charge >= 0.3 is 0 Å². The summed E-state index contributed by atoms with van der Waals surface area (Å²) >= 11 is 0. The molecule has 0 bridgehead atoms. The van der Waals surface area contributed by atoms with E-state index in [1.54, 1.807) is 0 Å². The van der Waals surface area contributed by atoms with E-state index in [4.69, 9.17) is 0 Å². The van der Waals surface area contributed by atoms with E-state index in [1.165, 1.54) is 19.3 Å². The smallest absolute Gasteiger partial charge is 0.0388 e. The van der Waals surface area contributed by atoms with Crippen molar-refractivity contribution >= 4 is 0 Å². The lowest BCUT2D eigenvalue weighted by Crippen LogP contribution is -2.07. The average molecular weight is 126 g/mol. The van der Waals surface area contributed by atoms with Gasteiger partial charge in [0.15, 0.2) is 0 Å². The van der Waals surface area contributed by atoms with Gasteiger partial charge in [-0.2, -0.15) is 0 Å². The molecule has 0 aromatic rings. The molecule has 0 aromatic carbocycles. The van der Waals surface area contributed by atoms with Crippen LogP contribution in [0.25, 0.3) is 0 Å². The van der Waals surface area contributed by atoms with Gasteiger partial charge in [-0.1, -0.05) is 33.6 Å². The van der Waals surface area contributed by atoms with Crippen LogP contribution in [0.1, 0.15) is 40.0 Å². The van der Waals surface area contributed by atoms with Crippen LogP contribution >= 0.6 is 0 Å². The van der Waals surface area contributed by atoms with Crippen LogP contribution in [0.2, 0.25) is 0 Å². The molecular weight excluding hydrogens is 108 g/mol. The molecule has 1 aliphatic carbocycles. The zero-order valence-corrected chi connectivity index (χ0v) is 6.85. The lowest BCUT2D eigenvalue weighted by Gasteiger charge is -2.15. The highest BCUT2D eigenvalue weighted by Crippen LogP contribution is 2.37. The summed E-state index contributed by atoms with van der Waals surface area (Å²) in [5.41, 5.74) is 0. The summed E-state index contributed by atoms with van der Waals surface area (Å²) in [6, 6.07) is 0. The van der Waals surface area contributed by atoms with Crippen molar-refractivity contribution < 1.29 is 0 Å². The molecule has 0 saturated heterocycles. The maximum absolute atomic E-state index is 2.41. The zero-order valence-electron chi connectivity index (χ0n) is 6.85. The van der Waals surface area contributed by atoms with Gasteiger partial charge in [-0.3, -0.25) is 0 Å². The SMILES string of the molecule is CC[C@@H]1CC[C@@H](C)[C@@H]1C. The Hall–Kier alpha value is 0. The van der Waals surface area contributed by atoms with Crippen molar-refractivity contribution in [2.24, 2.45) is 17.8 Å². The molecule has 0 N–H and O–H groups in total. The van der Waals surface area contributed by atoms with Crippen LogP contribution in [0.15, 0.2) is 0 Å². The summed E-state index contributed by atoms with van der Waals surface area (Å²) < 4.78 is 0. The molecule has 0 radical (unpaired) electrons. The monoisotopic (exact) mass is 126 g/mol. The third kappa shape index (κ3) is 1.28. The fourth-order valence-electron chi connectivity index (χ4n) is 2.04. The summed E-state index contributed by atoms with van der Waals surface area (Å²) in [7, 11) is 0. The first kappa shape index (κ1) is 7.11. The minimum atomic E-state index is 0.995. The normalized spacial score (nSPS) is 43.7. The molecule has 1 fully saturated rings. The van der Waals surface area contributed by atoms with Crippen LogP contribution in [0.4, 0.5) is 0 Å². The predicted octanol–water partition coefficient (Wildman–Crippen LogP) is 3.08. The highest BCUT2D eigenvalue weighted by Gasteiger charge is 2.27. The minimum absolute atomic E-state index is 0.995. The van der Waals surface area contributed by atoms with Crippen molar-refractivity contribution in [3.05, 3.63) is 0 Å². The van der Waals surface area contributed by atoms with Crippen molar-refractivity contribution in [1.29, 1.82) is 0 Å². The lowest BCUT2D eigenvalue weighted by molar-refractivity contribution is 0.349. The van der Waals surface area contributed by atoms with Crippen molar-refractivity contribution in [1.82, 2.24) is 0 Å². The molecule has 0 aliphatic heterocycles. The molecule has 9 heavy (non-hydrogen) atoms. The van der Waals surface area contributed by atoms with Crippen molar-refractivity contribution in [3.63, 3.8) is 0 Å². The number of rotatable bonds is 1. The van der Waals surface area contributed by atoms with Gasteiger partial charge in [0.25, 0.3) is 0 Å². The second-order valence-electron chi connectivity index (χ2n) is 3.58. The van der Waals surface area contributed by atoms with Gasteiger partial charge in [0, 0.05) is 0 Å². The summed E-state index contributed by atoms with van der Waals surface area (Å²) in [6.07, 6.45) is 4.35. The minimum Gasteiger partial charge on any atom is -0.0651 e. The van der Waals surface area contributed by atoms with Gasteiger partial charge in [0.05, 0.1) is 0 Å². The molecule has 1 aliphatic rings. The summed E-state index contributed by atoms with van der Waals surface area (Å²) in [4.78, 5) is 0. The quantitative estimate of drug-likeness (QED) is 0.506. The summed E-state index contributed by atoms with van der Waals surface area (Å²) in [5.74, 6) is 3.03. The lowest BCUT2D eigenvalue weighted by atomic mass is 9.91. The van der Waals surface area contributed by atoms with Gasteiger partial charge in [0.1, 0.15) is 0 Å². The Balaban J connectivity index is 2.41. The fourth-order valence-corrected chi connectivity index (χ4v) is 2.04. The Morgan fingerprint density at radius 1 is 1.22 bits per heavy atom. The van der Waals surface area contributed by atoms with Gasteiger partial charge < -0.3 is 0 Å². The second-order valence-corrected chi connectivity index (χ2v) is 3.58. The maximum Gasteiger partial charge on any atom is -0.0388 e. The zero-order chi connectivity index (χ0) is 6.85. The largest absolute Gasteiger partial charge is 0.0651 e. The van der Waals surface area contributed by atoms with Crippen LogP contribution in [0.3, 0.4) is 0 Å². The van der Waals surface area contributed by atoms with E-state index in [9.17, 15) is 0 Å². The Kier molecular flexibility index (Phi) is 2.15. The number of hydrogen-bond donors (Lipinski definition) is 0. The van der Waals surface area contributed by atoms with Crippen molar-refractivity contribution in [2.75, 3.05) is 0 Å². The van der Waals surface area contributed by atoms with E-state index in [1.807, 2.05) is 0 Å². The van der Waals surface area contributed by atoms with Gasteiger partial charge in [0.2, 0.25) is 0 Å². The molecule has 3 atom stereocenters. The van der Waals surface area contributed by atoms with Crippen molar-refractivity contribution in [2.45, 2.75) is 40.0 Å². The fraction of sp³-hybridized carbons (Fsp3) is 1.00. The molecule has 0 heteroatoms. The topological polar surface area (TPSA) is 0 Å². The van der Waals surface area contributed by atoms with E-state index in [2.05, 4.69) is 20.8 Å². The molecule has 0 nitrogen and oxygen atoms in total. The maximum atomic E-state index is 2.41. The highest BCUT2D eigenvalue weighted by atomic mass is 14.3. The first-order chi connectivity index (χ1) is 4.25. The van der Waals surface area contributed by atoms with Crippen LogP contribution in [0, 0.1) is 17.8 Å². The molecule has 1 saturated carbocycles. The van der Waals surface area contributed by atoms with Crippen molar-refractivity contribution in [3.8, 4) is 0 Å². The van der Waals surface area contributed by atoms with E-state index < -0.39 is 0 Å². The van der Waals surface area contributed by atoms with E-state index in [0.29, 0.717) is 0 Å². The summed E-state index contributed by atoms with van der Waals surface area (Å²) in [6.45, 7) is 7.12. The standard InChI is InChI=1S/C9H18/c1-4-9-6-5-7(2)8(9)3/h7-9H,4-6H2,1-3H3/t7-,8+,9-/m1/s1. The van der Waals surface area contributed by atoms with Crippen LogP contribution in [0.5, 0.6) is 0 Å². The molecule has 0 aromatic heterocycles. The molecular formula is C9H18.